The van der Waals surface area contributed by atoms with Crippen LogP contribution in [0.2, 0.25) is 0 Å². The Morgan fingerprint density at radius 2 is 1.45 bits per heavy atom. The molecule has 9 heteroatoms. The molecule has 8 nitrogen and oxygen atoms in total. The fourth-order valence-corrected chi connectivity index (χ4v) is 5.70. The monoisotopic (exact) mass is 565 g/mol. The zero-order chi connectivity index (χ0) is 29.3. The number of rotatable bonds is 13. The van der Waals surface area contributed by atoms with Crippen LogP contribution in [0, 0.1) is 13.8 Å². The summed E-state index contributed by atoms with van der Waals surface area (Å²) in [5.74, 6) is -0.185. The summed E-state index contributed by atoms with van der Waals surface area (Å²) in [5, 5.41) is 2.89. The molecule has 0 aliphatic heterocycles. The van der Waals surface area contributed by atoms with E-state index in [4.69, 9.17) is 4.74 Å². The molecule has 0 aliphatic rings. The highest BCUT2D eigenvalue weighted by Crippen LogP contribution is 2.27. The molecule has 0 aromatic heterocycles. The van der Waals surface area contributed by atoms with E-state index in [0.717, 1.165) is 27.4 Å². The van der Waals surface area contributed by atoms with Gasteiger partial charge < -0.3 is 15.0 Å². The number of ether oxygens (including phenoxy) is 1. The first kappa shape index (κ1) is 30.7. The number of hydrogen-bond donors (Lipinski definition) is 1. The van der Waals surface area contributed by atoms with Gasteiger partial charge in [-0.15, -0.1) is 0 Å². The van der Waals surface area contributed by atoms with Crippen LogP contribution < -0.4 is 14.4 Å². The smallest absolute Gasteiger partial charge is 0.264 e. The molecule has 0 heterocycles. The molecular weight excluding hydrogens is 526 g/mol. The number of hydrogen-bond acceptors (Lipinski definition) is 5. The third kappa shape index (κ3) is 7.63. The topological polar surface area (TPSA) is 96.0 Å². The van der Waals surface area contributed by atoms with Gasteiger partial charge in [-0.1, -0.05) is 61.4 Å². The normalized spacial score (nSPS) is 11.9. The molecule has 0 unspecified atom stereocenters. The second-order valence-corrected chi connectivity index (χ2v) is 11.6. The van der Waals surface area contributed by atoms with Crippen LogP contribution in [-0.2, 0) is 26.2 Å². The molecule has 0 spiro atoms. The Labute approximate surface area is 238 Å². The third-order valence-corrected chi connectivity index (χ3v) is 8.45. The molecule has 2 amide bonds. The van der Waals surface area contributed by atoms with E-state index in [9.17, 15) is 18.0 Å². The number of carbonyl (C=O) groups excluding carboxylic acids is 2. The summed E-state index contributed by atoms with van der Waals surface area (Å²) < 4.78 is 34.2. The van der Waals surface area contributed by atoms with Crippen LogP contribution in [0.1, 0.15) is 43.4 Å². The summed E-state index contributed by atoms with van der Waals surface area (Å²) in [4.78, 5) is 28.7. The van der Waals surface area contributed by atoms with Crippen molar-refractivity contribution in [3.63, 3.8) is 0 Å². The maximum atomic E-state index is 14.0. The number of methoxy groups -OCH3 is 1. The minimum absolute atomic E-state index is 0.0690. The van der Waals surface area contributed by atoms with Crippen molar-refractivity contribution >= 4 is 27.5 Å². The summed E-state index contributed by atoms with van der Waals surface area (Å²) in [5.41, 5.74) is 3.15. The van der Waals surface area contributed by atoms with Crippen molar-refractivity contribution in [3.05, 3.63) is 89.5 Å². The van der Waals surface area contributed by atoms with E-state index in [1.807, 2.05) is 52.0 Å². The molecule has 0 saturated carbocycles. The fraction of sp³-hybridized carbons (Fsp3) is 0.355. The van der Waals surface area contributed by atoms with Crippen LogP contribution in [0.5, 0.6) is 5.75 Å². The van der Waals surface area contributed by atoms with Gasteiger partial charge >= 0.3 is 0 Å². The number of nitrogens with one attached hydrogen (secondary N) is 1. The van der Waals surface area contributed by atoms with Gasteiger partial charge in [-0.05, 0) is 68.7 Å². The first-order valence-corrected chi connectivity index (χ1v) is 14.9. The van der Waals surface area contributed by atoms with Crippen molar-refractivity contribution in [3.8, 4) is 5.75 Å². The molecule has 214 valence electrons. The first-order chi connectivity index (χ1) is 19.1. The molecule has 0 fully saturated rings. The predicted octanol–water partition coefficient (Wildman–Crippen LogP) is 4.84. The molecule has 3 aromatic carbocycles. The Morgan fingerprint density at radius 1 is 0.875 bits per heavy atom. The second kappa shape index (κ2) is 14.0. The third-order valence-electron chi connectivity index (χ3n) is 6.66. The average molecular weight is 566 g/mol. The van der Waals surface area contributed by atoms with Crippen molar-refractivity contribution in [2.45, 2.75) is 58.0 Å². The minimum atomic E-state index is -4.12. The second-order valence-electron chi connectivity index (χ2n) is 9.75. The SMILES string of the molecule is CCCNC(=O)[C@@H](CC)N(Cc1ccc(C)cc1)C(=O)CN(c1ccc(OC)cc1)S(=O)(=O)c1ccc(C)cc1. The summed E-state index contributed by atoms with van der Waals surface area (Å²) in [6.45, 7) is 7.82. The van der Waals surface area contributed by atoms with Crippen molar-refractivity contribution < 1.29 is 22.7 Å². The number of benzene rings is 3. The fourth-order valence-electron chi connectivity index (χ4n) is 4.29. The average Bonchev–Trinajstić information content (AvgIpc) is 2.95. The van der Waals surface area contributed by atoms with Gasteiger partial charge in [0.2, 0.25) is 11.8 Å². The highest BCUT2D eigenvalue weighted by molar-refractivity contribution is 7.92. The molecule has 3 aromatic rings. The van der Waals surface area contributed by atoms with Crippen molar-refractivity contribution in [2.75, 3.05) is 24.5 Å². The Kier molecular flexibility index (Phi) is 10.7. The number of anilines is 1. The molecule has 0 saturated heterocycles. The van der Waals surface area contributed by atoms with E-state index < -0.39 is 28.5 Å². The van der Waals surface area contributed by atoms with Gasteiger partial charge in [-0.3, -0.25) is 13.9 Å². The standard InChI is InChI=1S/C31H39N3O5S/c1-6-20-32-31(36)29(7-2)33(21-25-12-8-23(3)9-13-25)30(35)22-34(26-14-16-27(39-5)17-15-26)40(37,38)28-18-10-24(4)11-19-28/h8-19,29H,6-7,20-22H2,1-5H3,(H,32,36)/t29-/m1/s1. The lowest BCUT2D eigenvalue weighted by Crippen LogP contribution is -2.52. The van der Waals surface area contributed by atoms with Crippen LogP contribution in [0.3, 0.4) is 0 Å². The van der Waals surface area contributed by atoms with Gasteiger partial charge in [-0.25, -0.2) is 8.42 Å². The highest BCUT2D eigenvalue weighted by Gasteiger charge is 2.33. The molecule has 40 heavy (non-hydrogen) atoms. The van der Waals surface area contributed by atoms with E-state index in [-0.39, 0.29) is 17.3 Å². The zero-order valence-corrected chi connectivity index (χ0v) is 24.7. The largest absolute Gasteiger partial charge is 0.497 e. The van der Waals surface area contributed by atoms with Gasteiger partial charge in [0.15, 0.2) is 0 Å². The Bertz CT molecular complexity index is 1370. The van der Waals surface area contributed by atoms with E-state index >= 15 is 0 Å². The summed E-state index contributed by atoms with van der Waals surface area (Å²) in [6, 6.07) is 20.0. The lowest BCUT2D eigenvalue weighted by molar-refractivity contribution is -0.140. The van der Waals surface area contributed by atoms with Gasteiger partial charge in [0.05, 0.1) is 17.7 Å². The van der Waals surface area contributed by atoms with Crippen molar-refractivity contribution in [2.24, 2.45) is 0 Å². The van der Waals surface area contributed by atoms with Gasteiger partial charge in [0.25, 0.3) is 10.0 Å². The molecule has 3 rings (SSSR count). The number of aryl methyl sites for hydroxylation is 2. The van der Waals surface area contributed by atoms with Crippen LogP contribution in [0.15, 0.2) is 77.7 Å². The molecule has 0 radical (unpaired) electrons. The summed E-state index contributed by atoms with van der Waals surface area (Å²) in [7, 11) is -2.60. The quantitative estimate of drug-likeness (QED) is 0.320. The van der Waals surface area contributed by atoms with E-state index in [1.165, 1.54) is 24.1 Å². The van der Waals surface area contributed by atoms with Crippen molar-refractivity contribution in [1.82, 2.24) is 10.2 Å². The molecule has 1 N–H and O–H groups in total. The number of amides is 2. The summed E-state index contributed by atoms with van der Waals surface area (Å²) >= 11 is 0. The first-order valence-electron chi connectivity index (χ1n) is 13.5. The minimum Gasteiger partial charge on any atom is -0.497 e. The van der Waals surface area contributed by atoms with E-state index in [1.54, 1.807) is 36.4 Å². The number of nitrogens with zero attached hydrogens (tertiary/aromatic N) is 2. The van der Waals surface area contributed by atoms with Crippen LogP contribution in [0.25, 0.3) is 0 Å². The van der Waals surface area contributed by atoms with Crippen LogP contribution in [-0.4, -0.2) is 51.4 Å². The Morgan fingerprint density at radius 3 is 1.98 bits per heavy atom. The Hall–Kier alpha value is -3.85. The lowest BCUT2D eigenvalue weighted by atomic mass is 10.1. The predicted molar refractivity (Wildman–Crippen MR) is 158 cm³/mol. The molecule has 0 bridgehead atoms. The number of sulfonamides is 1. The zero-order valence-electron chi connectivity index (χ0n) is 23.9. The maximum absolute atomic E-state index is 14.0. The Balaban J connectivity index is 2.04. The maximum Gasteiger partial charge on any atom is 0.264 e. The van der Waals surface area contributed by atoms with Gasteiger partial charge in [0.1, 0.15) is 18.3 Å². The molecule has 1 atom stereocenters. The molecule has 0 aliphatic carbocycles. The van der Waals surface area contributed by atoms with E-state index in [2.05, 4.69) is 5.32 Å². The van der Waals surface area contributed by atoms with Gasteiger partial charge in [0, 0.05) is 13.1 Å². The highest BCUT2D eigenvalue weighted by atomic mass is 32.2. The van der Waals surface area contributed by atoms with Crippen molar-refractivity contribution in [1.29, 1.82) is 0 Å². The lowest BCUT2D eigenvalue weighted by Gasteiger charge is -2.33. The number of carbonyl (C=O) groups is 2. The van der Waals surface area contributed by atoms with E-state index in [0.29, 0.717) is 24.4 Å². The summed E-state index contributed by atoms with van der Waals surface area (Å²) in [6.07, 6.45) is 1.13. The molecular formula is C31H39N3O5S. The van der Waals surface area contributed by atoms with Gasteiger partial charge in [-0.2, -0.15) is 0 Å². The van der Waals surface area contributed by atoms with Crippen LogP contribution >= 0.6 is 0 Å². The van der Waals surface area contributed by atoms with Crippen LogP contribution in [0.4, 0.5) is 5.69 Å².